The van der Waals surface area contributed by atoms with Crippen molar-refractivity contribution >= 4 is 18.0 Å². The van der Waals surface area contributed by atoms with Crippen LogP contribution in [0.25, 0.3) is 0 Å². The van der Waals surface area contributed by atoms with Gasteiger partial charge in [-0.1, -0.05) is 0 Å². The lowest BCUT2D eigenvalue weighted by Gasteiger charge is -2.29. The average Bonchev–Trinajstić information content (AvgIpc) is 2.80. The molecule has 34 heavy (non-hydrogen) atoms. The summed E-state index contributed by atoms with van der Waals surface area (Å²) >= 11 is 0. The van der Waals surface area contributed by atoms with Crippen LogP contribution in [0.3, 0.4) is 0 Å². The van der Waals surface area contributed by atoms with Crippen LogP contribution in [0, 0.1) is 5.92 Å². The summed E-state index contributed by atoms with van der Waals surface area (Å²) in [5.74, 6) is -9.17. The molecule has 9 N–H and O–H groups in total. The zero-order valence-electron chi connectivity index (χ0n) is 17.3. The topological polar surface area (TPSA) is 243 Å². The van der Waals surface area contributed by atoms with Crippen molar-refractivity contribution in [3.8, 4) is 34.5 Å². The first-order valence-corrected chi connectivity index (χ1v) is 9.57. The molecule has 0 fully saturated rings. The van der Waals surface area contributed by atoms with Crippen LogP contribution in [0.15, 0.2) is 24.3 Å². The van der Waals surface area contributed by atoms with E-state index in [1.54, 1.807) is 0 Å². The molecule has 0 heterocycles. The number of esters is 1. The molecule has 2 aromatic carbocycles. The van der Waals surface area contributed by atoms with E-state index in [0.717, 1.165) is 12.1 Å². The highest BCUT2D eigenvalue weighted by molar-refractivity contribution is 5.98. The first kappa shape index (κ1) is 26.2. The molecule has 0 aliphatic heterocycles. The Morgan fingerprint density at radius 3 is 1.68 bits per heavy atom. The van der Waals surface area contributed by atoms with Gasteiger partial charge in [0.1, 0.15) is 24.6 Å². The minimum atomic E-state index is -2.09. The van der Waals surface area contributed by atoms with Crippen LogP contribution >= 0.6 is 0 Å². The maximum Gasteiger partial charge on any atom is 0.338 e. The Balaban J connectivity index is 2.36. The Morgan fingerprint density at radius 2 is 1.26 bits per heavy atom. The second kappa shape index (κ2) is 10.7. The first-order chi connectivity index (χ1) is 15.9. The normalized spacial score (nSPS) is 14.6. The molecule has 4 unspecified atom stereocenters. The van der Waals surface area contributed by atoms with Crippen LogP contribution < -0.4 is 0 Å². The highest BCUT2D eigenvalue weighted by Gasteiger charge is 2.37. The SMILES string of the molecule is O=CC(CC(=O)c1cc(O)c(O)c(O)c1)C(OC(=O)c1cc(O)c(O)c(O)c1)C(O)C(O)CO. The molecule has 0 amide bonds. The van der Waals surface area contributed by atoms with Crippen LogP contribution in [-0.4, -0.2) is 88.9 Å². The molecule has 2 aromatic rings. The number of aldehydes is 1. The van der Waals surface area contributed by atoms with Gasteiger partial charge in [-0.2, -0.15) is 0 Å². The monoisotopic (exact) mass is 482 g/mol. The standard InChI is InChI=1S/C21H22O13/c22-6-10(5-11(24)8-1-12(25)17(30)13(26)2-8)20(19(32)16(29)7-23)34-21(33)9-3-14(27)18(31)15(28)4-9/h1-4,6,10,16,19-20,23,25-32H,5,7H2. The zero-order valence-corrected chi connectivity index (χ0v) is 17.3. The van der Waals surface area contributed by atoms with E-state index in [2.05, 4.69) is 0 Å². The van der Waals surface area contributed by atoms with Gasteiger partial charge in [-0.3, -0.25) is 4.79 Å². The number of Topliss-reactive ketones (excluding diaryl/α,β-unsaturated/α-hetero) is 1. The van der Waals surface area contributed by atoms with Crippen molar-refractivity contribution in [2.45, 2.75) is 24.7 Å². The number of phenols is 6. The number of carbonyl (C=O) groups is 3. The van der Waals surface area contributed by atoms with Crippen LogP contribution in [0.4, 0.5) is 0 Å². The molecule has 13 heteroatoms. The minimum absolute atomic E-state index is 0.120. The second-order valence-corrected chi connectivity index (χ2v) is 7.26. The maximum atomic E-state index is 12.6. The van der Waals surface area contributed by atoms with E-state index >= 15 is 0 Å². The van der Waals surface area contributed by atoms with Crippen molar-refractivity contribution in [2.75, 3.05) is 6.61 Å². The summed E-state index contributed by atoms with van der Waals surface area (Å²) in [6.07, 6.45) is -6.60. The van der Waals surface area contributed by atoms with Crippen LogP contribution in [-0.2, 0) is 9.53 Å². The number of ether oxygens (including phenoxy) is 1. The van der Waals surface area contributed by atoms with Crippen molar-refractivity contribution in [3.05, 3.63) is 35.4 Å². The van der Waals surface area contributed by atoms with Gasteiger partial charge < -0.3 is 55.5 Å². The van der Waals surface area contributed by atoms with Gasteiger partial charge in [0, 0.05) is 12.0 Å². The molecule has 0 radical (unpaired) electrons. The number of aliphatic hydroxyl groups is 3. The fourth-order valence-electron chi connectivity index (χ4n) is 2.99. The van der Waals surface area contributed by atoms with Gasteiger partial charge in [-0.15, -0.1) is 0 Å². The molecular formula is C21H22O13. The Morgan fingerprint density at radius 1 is 0.824 bits per heavy atom. The van der Waals surface area contributed by atoms with E-state index < -0.39 is 89.1 Å². The molecule has 0 saturated heterocycles. The highest BCUT2D eigenvalue weighted by Crippen LogP contribution is 2.37. The maximum absolute atomic E-state index is 12.6. The van der Waals surface area contributed by atoms with Crippen molar-refractivity contribution < 1.29 is 65.1 Å². The fraction of sp³-hybridized carbons (Fsp3) is 0.286. The number of aromatic hydroxyl groups is 6. The predicted octanol–water partition coefficient (Wildman–Crippen LogP) is -0.752. The Kier molecular flexibility index (Phi) is 8.24. The van der Waals surface area contributed by atoms with Gasteiger partial charge in [-0.25, -0.2) is 4.79 Å². The smallest absolute Gasteiger partial charge is 0.338 e. The van der Waals surface area contributed by atoms with E-state index in [4.69, 9.17) is 9.84 Å². The Bertz CT molecular complexity index is 1030. The van der Waals surface area contributed by atoms with Gasteiger partial charge >= 0.3 is 5.97 Å². The molecule has 0 saturated carbocycles. The zero-order chi connectivity index (χ0) is 25.7. The number of benzene rings is 2. The highest BCUT2D eigenvalue weighted by atomic mass is 16.6. The van der Waals surface area contributed by atoms with Crippen molar-refractivity contribution in [2.24, 2.45) is 5.92 Å². The number of carbonyl (C=O) groups excluding carboxylic acids is 3. The summed E-state index contributed by atoms with van der Waals surface area (Å²) in [6.45, 7) is -1.02. The number of aliphatic hydroxyl groups excluding tert-OH is 3. The summed E-state index contributed by atoms with van der Waals surface area (Å²) in [6, 6.07) is 2.99. The van der Waals surface area contributed by atoms with Crippen LogP contribution in [0.2, 0.25) is 0 Å². The molecule has 4 atom stereocenters. The van der Waals surface area contributed by atoms with Gasteiger partial charge in [0.05, 0.1) is 18.1 Å². The van der Waals surface area contributed by atoms with Crippen molar-refractivity contribution in [3.63, 3.8) is 0 Å². The van der Waals surface area contributed by atoms with E-state index in [1.807, 2.05) is 0 Å². The third kappa shape index (κ3) is 5.64. The summed E-state index contributed by atoms with van der Waals surface area (Å²) in [4.78, 5) is 36.8. The molecule has 0 aliphatic carbocycles. The van der Waals surface area contributed by atoms with Crippen LogP contribution in [0.1, 0.15) is 27.1 Å². The van der Waals surface area contributed by atoms with Gasteiger partial charge in [-0.05, 0) is 24.3 Å². The molecule has 2 rings (SSSR count). The lowest BCUT2D eigenvalue weighted by Crippen LogP contribution is -2.47. The third-order valence-electron chi connectivity index (χ3n) is 4.88. The number of rotatable bonds is 10. The molecule has 0 spiro atoms. The summed E-state index contributed by atoms with van der Waals surface area (Å²) in [7, 11) is 0. The van der Waals surface area contributed by atoms with Gasteiger partial charge in [0.2, 0.25) is 0 Å². The summed E-state index contributed by atoms with van der Waals surface area (Å²) in [5, 5.41) is 86.3. The van der Waals surface area contributed by atoms with Gasteiger partial charge in [0.15, 0.2) is 40.3 Å². The largest absolute Gasteiger partial charge is 0.504 e. The lowest BCUT2D eigenvalue weighted by atomic mass is 9.89. The van der Waals surface area contributed by atoms with E-state index in [-0.39, 0.29) is 11.8 Å². The van der Waals surface area contributed by atoms with Gasteiger partial charge in [0.25, 0.3) is 0 Å². The second-order valence-electron chi connectivity index (χ2n) is 7.26. The molecule has 0 aliphatic rings. The predicted molar refractivity (Wildman–Crippen MR) is 110 cm³/mol. The number of phenolic OH excluding ortho intramolecular Hbond substituents is 6. The van der Waals surface area contributed by atoms with E-state index in [1.165, 1.54) is 0 Å². The Hall–Kier alpha value is -4.07. The van der Waals surface area contributed by atoms with Crippen molar-refractivity contribution in [1.82, 2.24) is 0 Å². The van der Waals surface area contributed by atoms with Crippen molar-refractivity contribution in [1.29, 1.82) is 0 Å². The quantitative estimate of drug-likeness (QED) is 0.0877. The molecule has 13 nitrogen and oxygen atoms in total. The summed E-state index contributed by atoms with van der Waals surface area (Å²) in [5.41, 5.74) is -0.886. The first-order valence-electron chi connectivity index (χ1n) is 9.57. The molecule has 0 bridgehead atoms. The number of ketones is 1. The van der Waals surface area contributed by atoms with Crippen LogP contribution in [0.5, 0.6) is 34.5 Å². The summed E-state index contributed by atoms with van der Waals surface area (Å²) < 4.78 is 5.04. The third-order valence-corrected chi connectivity index (χ3v) is 4.88. The van der Waals surface area contributed by atoms with E-state index in [0.29, 0.717) is 12.1 Å². The average molecular weight is 482 g/mol. The number of hydrogen-bond donors (Lipinski definition) is 9. The molecular weight excluding hydrogens is 460 g/mol. The van der Waals surface area contributed by atoms with E-state index in [9.17, 15) is 55.2 Å². The molecule has 0 aromatic heterocycles. The molecule has 184 valence electrons. The minimum Gasteiger partial charge on any atom is -0.504 e. The lowest BCUT2D eigenvalue weighted by molar-refractivity contribution is -0.126. The Labute approximate surface area is 191 Å². The number of hydrogen-bond acceptors (Lipinski definition) is 13. The fourth-order valence-corrected chi connectivity index (χ4v) is 2.99.